The second-order valence-corrected chi connectivity index (χ2v) is 6.44. The first kappa shape index (κ1) is 21.0. The van der Waals surface area contributed by atoms with Gasteiger partial charge >= 0.3 is 5.97 Å². The van der Waals surface area contributed by atoms with Crippen molar-refractivity contribution >= 4 is 29.4 Å². The van der Waals surface area contributed by atoms with E-state index in [-0.39, 0.29) is 16.4 Å². The summed E-state index contributed by atoms with van der Waals surface area (Å²) in [5, 5.41) is 4.12. The van der Waals surface area contributed by atoms with Gasteiger partial charge < -0.3 is 4.74 Å². The van der Waals surface area contributed by atoms with Crippen LogP contribution in [-0.2, 0) is 9.53 Å². The van der Waals surface area contributed by atoms with E-state index in [4.69, 9.17) is 16.3 Å². The molecule has 10 heteroatoms. The molecule has 1 aromatic heterocycles. The molecule has 1 heterocycles. The minimum absolute atomic E-state index is 0.0258. The van der Waals surface area contributed by atoms with Crippen LogP contribution in [0.5, 0.6) is 0 Å². The Balaban J connectivity index is 1.59. The summed E-state index contributed by atoms with van der Waals surface area (Å²) in [6.45, 7) is 0.897. The molecule has 0 aliphatic heterocycles. The minimum Gasteiger partial charge on any atom is -0.452 e. The van der Waals surface area contributed by atoms with Crippen molar-refractivity contribution in [3.05, 3.63) is 82.4 Å². The summed E-state index contributed by atoms with van der Waals surface area (Å²) in [6.07, 6.45) is 0. The fourth-order valence-electron chi connectivity index (χ4n) is 2.51. The highest BCUT2D eigenvalue weighted by atomic mass is 35.5. The van der Waals surface area contributed by atoms with E-state index in [0.29, 0.717) is 11.3 Å². The van der Waals surface area contributed by atoms with E-state index in [1.807, 2.05) is 0 Å². The molecule has 2 amide bonds. The van der Waals surface area contributed by atoms with Crippen molar-refractivity contribution in [3.63, 3.8) is 0 Å². The number of aromatic nitrogens is 2. The molecule has 0 aliphatic rings. The van der Waals surface area contributed by atoms with E-state index in [2.05, 4.69) is 16.0 Å². The predicted octanol–water partition coefficient (Wildman–Crippen LogP) is 2.59. The number of nitrogens with zero attached hydrogens (tertiary/aromatic N) is 2. The molecule has 0 fully saturated rings. The topological polar surface area (TPSA) is 102 Å². The van der Waals surface area contributed by atoms with Gasteiger partial charge in [0.2, 0.25) is 0 Å². The van der Waals surface area contributed by atoms with Crippen LogP contribution in [0.25, 0.3) is 5.69 Å². The highest BCUT2D eigenvalue weighted by molar-refractivity contribution is 6.33. The van der Waals surface area contributed by atoms with E-state index in [1.54, 1.807) is 37.3 Å². The Hall–Kier alpha value is -3.72. The maximum absolute atomic E-state index is 13.1. The molecular formula is C20H16ClFN4O4. The zero-order valence-electron chi connectivity index (χ0n) is 15.7. The molecule has 3 aromatic rings. The van der Waals surface area contributed by atoms with Gasteiger partial charge in [0.25, 0.3) is 11.8 Å². The van der Waals surface area contributed by atoms with Gasteiger partial charge in [0.1, 0.15) is 16.5 Å². The van der Waals surface area contributed by atoms with Crippen LogP contribution in [0.15, 0.2) is 54.6 Å². The number of esters is 1. The van der Waals surface area contributed by atoms with Crippen molar-refractivity contribution < 1.29 is 23.5 Å². The number of carbonyl (C=O) groups is 3. The van der Waals surface area contributed by atoms with Crippen molar-refractivity contribution in [2.45, 2.75) is 6.92 Å². The summed E-state index contributed by atoms with van der Waals surface area (Å²) in [4.78, 5) is 36.1. The Morgan fingerprint density at radius 2 is 1.73 bits per heavy atom. The summed E-state index contributed by atoms with van der Waals surface area (Å²) in [7, 11) is 0. The average Bonchev–Trinajstić information content (AvgIpc) is 3.05. The highest BCUT2D eigenvalue weighted by Crippen LogP contribution is 2.24. The lowest BCUT2D eigenvalue weighted by molar-refractivity contribution is -0.125. The second-order valence-electron chi connectivity index (χ2n) is 6.08. The van der Waals surface area contributed by atoms with E-state index in [0.717, 1.165) is 0 Å². The molecule has 8 nitrogen and oxygen atoms in total. The van der Waals surface area contributed by atoms with Crippen LogP contribution < -0.4 is 10.9 Å². The van der Waals surface area contributed by atoms with Crippen molar-refractivity contribution in [1.82, 2.24) is 20.6 Å². The third-order valence-corrected chi connectivity index (χ3v) is 4.31. The van der Waals surface area contributed by atoms with Crippen molar-refractivity contribution in [1.29, 1.82) is 0 Å². The van der Waals surface area contributed by atoms with Gasteiger partial charge in [-0.15, -0.1) is 0 Å². The molecule has 2 N–H and O–H groups in total. The summed E-state index contributed by atoms with van der Waals surface area (Å²) in [5.74, 6) is -2.55. The van der Waals surface area contributed by atoms with Crippen LogP contribution in [0.2, 0.25) is 5.15 Å². The smallest absolute Gasteiger partial charge is 0.343 e. The molecule has 0 spiro atoms. The Bertz CT molecular complexity index is 1080. The Kier molecular flexibility index (Phi) is 6.43. The monoisotopic (exact) mass is 430 g/mol. The number of carbonyl (C=O) groups excluding carboxylic acids is 3. The van der Waals surface area contributed by atoms with Crippen molar-refractivity contribution in [3.8, 4) is 5.69 Å². The Labute approximate surface area is 175 Å². The number of benzene rings is 2. The SMILES string of the molecule is Cc1nn(-c2ccc(F)cc2)c(Cl)c1C(=O)OCC(=O)NNC(=O)c1ccccc1. The number of hydrogen-bond acceptors (Lipinski definition) is 5. The van der Waals surface area contributed by atoms with E-state index in [9.17, 15) is 18.8 Å². The third kappa shape index (κ3) is 4.81. The first-order valence-electron chi connectivity index (χ1n) is 8.69. The molecule has 3 rings (SSSR count). The molecule has 0 radical (unpaired) electrons. The number of aryl methyl sites for hydroxylation is 1. The lowest BCUT2D eigenvalue weighted by atomic mass is 10.2. The predicted molar refractivity (Wildman–Crippen MR) is 106 cm³/mol. The number of halogens is 2. The lowest BCUT2D eigenvalue weighted by Gasteiger charge is -2.08. The summed E-state index contributed by atoms with van der Waals surface area (Å²) in [5.41, 5.74) is 5.41. The van der Waals surface area contributed by atoms with Crippen LogP contribution >= 0.6 is 11.6 Å². The third-order valence-electron chi connectivity index (χ3n) is 3.97. The molecule has 2 aromatic carbocycles. The van der Waals surface area contributed by atoms with Gasteiger partial charge in [-0.2, -0.15) is 5.10 Å². The Morgan fingerprint density at radius 1 is 1.07 bits per heavy atom. The van der Waals surface area contributed by atoms with Gasteiger partial charge in [-0.1, -0.05) is 29.8 Å². The lowest BCUT2D eigenvalue weighted by Crippen LogP contribution is -2.43. The molecule has 154 valence electrons. The van der Waals surface area contributed by atoms with Gasteiger partial charge in [0.05, 0.1) is 11.4 Å². The molecule has 0 unspecified atom stereocenters. The van der Waals surface area contributed by atoms with Crippen molar-refractivity contribution in [2.75, 3.05) is 6.61 Å². The molecule has 0 saturated heterocycles. The number of ether oxygens (including phenoxy) is 1. The van der Waals surface area contributed by atoms with Gasteiger partial charge in [0.15, 0.2) is 6.61 Å². The summed E-state index contributed by atoms with van der Waals surface area (Å²) < 4.78 is 19.3. The van der Waals surface area contributed by atoms with Crippen molar-refractivity contribution in [2.24, 2.45) is 0 Å². The largest absolute Gasteiger partial charge is 0.452 e. The zero-order valence-corrected chi connectivity index (χ0v) is 16.4. The first-order chi connectivity index (χ1) is 14.4. The Morgan fingerprint density at radius 3 is 2.40 bits per heavy atom. The zero-order chi connectivity index (χ0) is 21.7. The van der Waals surface area contributed by atoms with E-state index in [1.165, 1.54) is 28.9 Å². The number of nitrogens with one attached hydrogen (secondary N) is 2. The molecule has 0 bridgehead atoms. The fraction of sp³-hybridized carbons (Fsp3) is 0.100. The van der Waals surface area contributed by atoms with Gasteiger partial charge in [-0.3, -0.25) is 20.4 Å². The van der Waals surface area contributed by atoms with Gasteiger partial charge in [0, 0.05) is 5.56 Å². The molecule has 0 aliphatic carbocycles. The molecule has 0 atom stereocenters. The van der Waals surface area contributed by atoms with E-state index < -0.39 is 30.2 Å². The molecular weight excluding hydrogens is 415 g/mol. The fourth-order valence-corrected chi connectivity index (χ4v) is 2.86. The molecule has 30 heavy (non-hydrogen) atoms. The average molecular weight is 431 g/mol. The summed E-state index contributed by atoms with van der Waals surface area (Å²) >= 11 is 6.23. The maximum Gasteiger partial charge on any atom is 0.343 e. The normalized spacial score (nSPS) is 10.4. The molecule has 0 saturated carbocycles. The van der Waals surface area contributed by atoms with Crippen LogP contribution in [0, 0.1) is 12.7 Å². The highest BCUT2D eigenvalue weighted by Gasteiger charge is 2.23. The minimum atomic E-state index is -0.865. The second kappa shape index (κ2) is 9.19. The van der Waals surface area contributed by atoms with Gasteiger partial charge in [-0.25, -0.2) is 13.9 Å². The quantitative estimate of drug-likeness (QED) is 0.478. The van der Waals surface area contributed by atoms with Crippen LogP contribution in [0.4, 0.5) is 4.39 Å². The number of hydrazine groups is 1. The number of hydrogen-bond donors (Lipinski definition) is 2. The first-order valence-corrected chi connectivity index (χ1v) is 9.07. The van der Waals surface area contributed by atoms with E-state index >= 15 is 0 Å². The summed E-state index contributed by atoms with van der Waals surface area (Å²) in [6, 6.07) is 13.6. The van der Waals surface area contributed by atoms with Crippen LogP contribution in [0.3, 0.4) is 0 Å². The van der Waals surface area contributed by atoms with Gasteiger partial charge in [-0.05, 0) is 43.3 Å². The number of rotatable bonds is 5. The number of amides is 2. The standard InChI is InChI=1S/C20H16ClFN4O4/c1-12-17(18(21)26(25-12)15-9-7-14(22)8-10-15)20(29)30-11-16(27)23-24-19(28)13-5-3-2-4-6-13/h2-10H,11H2,1H3,(H,23,27)(H,24,28). The maximum atomic E-state index is 13.1. The van der Waals surface area contributed by atoms with Crippen LogP contribution in [0.1, 0.15) is 26.4 Å². The van der Waals surface area contributed by atoms with Crippen LogP contribution in [-0.4, -0.2) is 34.2 Å².